The van der Waals surface area contributed by atoms with Gasteiger partial charge in [-0.2, -0.15) is 0 Å². The summed E-state index contributed by atoms with van der Waals surface area (Å²) in [7, 11) is 0. The third kappa shape index (κ3) is 3.94. The number of nitro groups is 1. The average molecular weight is 340 g/mol. The zero-order valence-corrected chi connectivity index (χ0v) is 13.8. The van der Waals surface area contributed by atoms with Crippen molar-refractivity contribution in [1.29, 1.82) is 0 Å². The van der Waals surface area contributed by atoms with Crippen LogP contribution in [0.1, 0.15) is 19.3 Å². The van der Waals surface area contributed by atoms with Crippen LogP contribution in [-0.2, 0) is 4.74 Å². The van der Waals surface area contributed by atoms with Crippen LogP contribution in [0.25, 0.3) is 0 Å². The van der Waals surface area contributed by atoms with Crippen LogP contribution in [0.4, 0.5) is 11.4 Å². The van der Waals surface area contributed by atoms with Crippen molar-refractivity contribution in [3.05, 3.63) is 33.3 Å². The Hall–Kier alpha value is -1.37. The van der Waals surface area contributed by atoms with Gasteiger partial charge >= 0.3 is 0 Å². The summed E-state index contributed by atoms with van der Waals surface area (Å²) in [5.41, 5.74) is 0.558. The first-order valence-corrected chi connectivity index (χ1v) is 8.52. The lowest BCUT2D eigenvalue weighted by atomic mass is 9.97. The molecule has 1 N–H and O–H groups in total. The molecule has 0 unspecified atom stereocenters. The molecule has 0 aromatic heterocycles. The smallest absolute Gasteiger partial charge is 0.293 e. The van der Waals surface area contributed by atoms with Gasteiger partial charge in [0.2, 0.25) is 0 Å². The molecule has 6 nitrogen and oxygen atoms in total. The minimum Gasteiger partial charge on any atom is -0.381 e. The van der Waals surface area contributed by atoms with Crippen LogP contribution in [-0.4, -0.2) is 48.7 Å². The molecule has 0 spiro atoms. The van der Waals surface area contributed by atoms with Crippen LogP contribution in [0.3, 0.4) is 0 Å². The van der Waals surface area contributed by atoms with Gasteiger partial charge in [-0.05, 0) is 44.5 Å². The number of hydrogen-bond acceptors (Lipinski definition) is 5. The summed E-state index contributed by atoms with van der Waals surface area (Å²) in [6, 6.07) is 5.12. The summed E-state index contributed by atoms with van der Waals surface area (Å²) in [6.45, 7) is 4.50. The molecule has 0 amide bonds. The van der Waals surface area contributed by atoms with E-state index in [2.05, 4.69) is 10.2 Å². The van der Waals surface area contributed by atoms with Gasteiger partial charge < -0.3 is 10.1 Å². The molecule has 7 heteroatoms. The first-order valence-electron chi connectivity index (χ1n) is 8.15. The van der Waals surface area contributed by atoms with Crippen LogP contribution < -0.4 is 5.32 Å². The molecule has 0 saturated carbocycles. The number of nitro benzene ring substituents is 1. The quantitative estimate of drug-likeness (QED) is 0.637. The molecule has 2 heterocycles. The topological polar surface area (TPSA) is 67.6 Å². The number of benzene rings is 1. The van der Waals surface area contributed by atoms with E-state index in [1.165, 1.54) is 18.9 Å². The molecular weight excluding hydrogens is 318 g/mol. The van der Waals surface area contributed by atoms with E-state index in [-0.39, 0.29) is 5.69 Å². The van der Waals surface area contributed by atoms with Gasteiger partial charge in [0, 0.05) is 36.2 Å². The molecule has 2 aliphatic rings. The summed E-state index contributed by atoms with van der Waals surface area (Å²) in [4.78, 5) is 13.3. The number of hydrogen-bond donors (Lipinski definition) is 1. The van der Waals surface area contributed by atoms with Gasteiger partial charge in [0.15, 0.2) is 0 Å². The number of nitrogens with zero attached hydrogens (tertiary/aromatic N) is 2. The normalized spacial score (nSPS) is 23.1. The maximum absolute atomic E-state index is 11.2. The van der Waals surface area contributed by atoms with E-state index in [1.807, 2.05) is 0 Å². The minimum atomic E-state index is -0.391. The molecule has 1 aromatic rings. The van der Waals surface area contributed by atoms with Crippen molar-refractivity contribution in [2.45, 2.75) is 25.3 Å². The van der Waals surface area contributed by atoms with Crippen molar-refractivity contribution in [2.24, 2.45) is 5.92 Å². The standard InChI is InChI=1S/C16H22ClN3O3/c17-13-3-4-14(15(9-13)20(21)22)18-10-16(12-5-8-23-11-12)19-6-1-2-7-19/h3-4,9,12,16,18H,1-2,5-8,10-11H2/t12-,16-/m1/s1. The highest BCUT2D eigenvalue weighted by atomic mass is 35.5. The molecule has 0 bridgehead atoms. The molecule has 2 saturated heterocycles. The molecule has 0 aliphatic carbocycles. The minimum absolute atomic E-state index is 0.0281. The zero-order valence-electron chi connectivity index (χ0n) is 13.0. The molecule has 23 heavy (non-hydrogen) atoms. The van der Waals surface area contributed by atoms with Gasteiger partial charge in [0.25, 0.3) is 5.69 Å². The molecule has 3 rings (SSSR count). The lowest BCUT2D eigenvalue weighted by Gasteiger charge is -2.32. The second-order valence-corrected chi connectivity index (χ2v) is 6.67. The van der Waals surface area contributed by atoms with Crippen molar-refractivity contribution < 1.29 is 9.66 Å². The Labute approximate surface area is 140 Å². The highest BCUT2D eigenvalue weighted by Gasteiger charge is 2.32. The third-order valence-corrected chi connectivity index (χ3v) is 5.01. The first kappa shape index (κ1) is 16.5. The van der Waals surface area contributed by atoms with E-state index < -0.39 is 4.92 Å². The summed E-state index contributed by atoms with van der Waals surface area (Å²) in [6.07, 6.45) is 3.52. The van der Waals surface area contributed by atoms with Crippen molar-refractivity contribution >= 4 is 23.0 Å². The molecule has 2 aliphatic heterocycles. The predicted molar refractivity (Wildman–Crippen MR) is 90.1 cm³/mol. The van der Waals surface area contributed by atoms with Crippen LogP contribution in [0.2, 0.25) is 5.02 Å². The summed E-state index contributed by atoms with van der Waals surface area (Å²) in [5, 5.41) is 14.9. The molecule has 0 radical (unpaired) electrons. The third-order valence-electron chi connectivity index (χ3n) is 4.78. The second kappa shape index (κ2) is 7.47. The van der Waals surface area contributed by atoms with Gasteiger partial charge in [0.05, 0.1) is 11.5 Å². The van der Waals surface area contributed by atoms with Gasteiger partial charge in [-0.25, -0.2) is 0 Å². The number of ether oxygens (including phenoxy) is 1. The Balaban J connectivity index is 1.72. The Morgan fingerprint density at radius 2 is 2.22 bits per heavy atom. The van der Waals surface area contributed by atoms with Crippen molar-refractivity contribution in [2.75, 3.05) is 38.2 Å². The number of halogens is 1. The van der Waals surface area contributed by atoms with Gasteiger partial charge in [-0.15, -0.1) is 0 Å². The second-order valence-electron chi connectivity index (χ2n) is 6.23. The fraction of sp³-hybridized carbons (Fsp3) is 0.625. The van der Waals surface area contributed by atoms with Crippen LogP contribution in [0.15, 0.2) is 18.2 Å². The van der Waals surface area contributed by atoms with Crippen molar-refractivity contribution in [3.63, 3.8) is 0 Å². The van der Waals surface area contributed by atoms with Crippen LogP contribution in [0, 0.1) is 16.0 Å². The van der Waals surface area contributed by atoms with Gasteiger partial charge in [-0.3, -0.25) is 15.0 Å². The van der Waals surface area contributed by atoms with Crippen molar-refractivity contribution in [1.82, 2.24) is 4.90 Å². The highest BCUT2D eigenvalue weighted by Crippen LogP contribution is 2.29. The summed E-state index contributed by atoms with van der Waals surface area (Å²) in [5.74, 6) is 0.493. The SMILES string of the molecule is O=[N+]([O-])c1cc(Cl)ccc1NC[C@H]([C@@H]1CCOC1)N1CCCC1. The van der Waals surface area contributed by atoms with Gasteiger partial charge in [0.1, 0.15) is 5.69 Å². The average Bonchev–Trinajstić information content (AvgIpc) is 3.22. The lowest BCUT2D eigenvalue weighted by molar-refractivity contribution is -0.383. The number of rotatable bonds is 6. The molecule has 126 valence electrons. The molecular formula is C16H22ClN3O3. The maximum atomic E-state index is 11.2. The number of anilines is 1. The fourth-order valence-corrected chi connectivity index (χ4v) is 3.71. The van der Waals surface area contributed by atoms with Crippen LogP contribution in [0.5, 0.6) is 0 Å². The van der Waals surface area contributed by atoms with E-state index in [1.54, 1.807) is 12.1 Å². The van der Waals surface area contributed by atoms with Gasteiger partial charge in [-0.1, -0.05) is 11.6 Å². The zero-order chi connectivity index (χ0) is 16.2. The van der Waals surface area contributed by atoms with E-state index >= 15 is 0 Å². The van der Waals surface area contributed by atoms with E-state index in [9.17, 15) is 10.1 Å². The first-order chi connectivity index (χ1) is 11.1. The largest absolute Gasteiger partial charge is 0.381 e. The number of nitrogens with one attached hydrogen (secondary N) is 1. The Kier molecular flexibility index (Phi) is 5.35. The number of likely N-dealkylation sites (tertiary alicyclic amines) is 1. The lowest BCUT2D eigenvalue weighted by Crippen LogP contribution is -2.44. The Morgan fingerprint density at radius 3 is 2.87 bits per heavy atom. The van der Waals surface area contributed by atoms with E-state index in [4.69, 9.17) is 16.3 Å². The molecule has 1 aromatic carbocycles. The Bertz CT molecular complexity index is 542. The fourth-order valence-electron chi connectivity index (χ4n) is 3.54. The monoisotopic (exact) mass is 339 g/mol. The predicted octanol–water partition coefficient (Wildman–Crippen LogP) is 3.16. The molecule has 2 fully saturated rings. The van der Waals surface area contributed by atoms with Crippen LogP contribution >= 0.6 is 11.6 Å². The van der Waals surface area contributed by atoms with Crippen molar-refractivity contribution in [3.8, 4) is 0 Å². The molecule has 2 atom stereocenters. The summed E-state index contributed by atoms with van der Waals surface area (Å²) < 4.78 is 5.55. The summed E-state index contributed by atoms with van der Waals surface area (Å²) >= 11 is 5.87. The van der Waals surface area contributed by atoms with E-state index in [0.717, 1.165) is 32.7 Å². The van der Waals surface area contributed by atoms with E-state index in [0.29, 0.717) is 29.2 Å². The Morgan fingerprint density at radius 1 is 1.43 bits per heavy atom. The highest BCUT2D eigenvalue weighted by molar-refractivity contribution is 6.30. The maximum Gasteiger partial charge on any atom is 0.293 e.